The molecule has 4 heteroatoms. The van der Waals surface area contributed by atoms with E-state index >= 15 is 0 Å². The summed E-state index contributed by atoms with van der Waals surface area (Å²) in [6, 6.07) is 9.10. The molecular weight excluding hydrogens is 267 g/mol. The highest BCUT2D eigenvalue weighted by Gasteiger charge is 2.60. The number of nitrogens with zero attached hydrogens (tertiary/aromatic N) is 2. The Morgan fingerprint density at radius 3 is 2.67 bits per heavy atom. The number of hydrogen-bond acceptors (Lipinski definition) is 3. The van der Waals surface area contributed by atoms with Gasteiger partial charge in [0.25, 0.3) is 0 Å². The first-order valence-electron chi connectivity index (χ1n) is 8.03. The van der Waals surface area contributed by atoms with Gasteiger partial charge in [0.15, 0.2) is 0 Å². The first-order valence-corrected chi connectivity index (χ1v) is 8.03. The molecule has 1 saturated carbocycles. The first-order chi connectivity index (χ1) is 10.3. The molecule has 3 aliphatic rings. The summed E-state index contributed by atoms with van der Waals surface area (Å²) in [4.78, 5) is 4.67. The Morgan fingerprint density at radius 1 is 1.19 bits per heavy atom. The highest BCUT2D eigenvalue weighted by molar-refractivity contribution is 5.50. The molecule has 2 heterocycles. The summed E-state index contributed by atoms with van der Waals surface area (Å²) in [5.41, 5.74) is 3.08. The average molecular weight is 290 g/mol. The number of morpholine rings is 1. The summed E-state index contributed by atoms with van der Waals surface area (Å²) >= 11 is 0. The Hall–Kier alpha value is -1.13. The molecule has 2 aliphatic heterocycles. The molecule has 2 unspecified atom stereocenters. The fourth-order valence-electron chi connectivity index (χ4n) is 4.15. The van der Waals surface area contributed by atoms with Crippen LogP contribution < -0.4 is 4.90 Å². The van der Waals surface area contributed by atoms with Crippen LogP contribution in [0.4, 0.5) is 10.1 Å². The van der Waals surface area contributed by atoms with Crippen molar-refractivity contribution < 1.29 is 9.13 Å². The minimum absolute atomic E-state index is 0.223. The van der Waals surface area contributed by atoms with Gasteiger partial charge in [0.2, 0.25) is 0 Å². The summed E-state index contributed by atoms with van der Waals surface area (Å²) in [5, 5.41) is 0. The molecular formula is C17H23FN2O. The van der Waals surface area contributed by atoms with Gasteiger partial charge in [-0.05, 0) is 30.0 Å². The molecule has 114 valence electrons. The third kappa shape index (κ3) is 2.34. The fourth-order valence-corrected chi connectivity index (χ4v) is 4.15. The fraction of sp³-hybridized carbons (Fsp3) is 0.647. The van der Waals surface area contributed by atoms with Crippen LogP contribution in [0.1, 0.15) is 12.0 Å². The maximum Gasteiger partial charge on any atom is 0.102 e. The summed E-state index contributed by atoms with van der Waals surface area (Å²) in [6.45, 7) is 6.11. The van der Waals surface area contributed by atoms with Crippen LogP contribution in [-0.4, -0.2) is 57.5 Å². The topological polar surface area (TPSA) is 15.7 Å². The zero-order valence-corrected chi connectivity index (χ0v) is 12.4. The highest BCUT2D eigenvalue weighted by atomic mass is 19.1. The highest BCUT2D eigenvalue weighted by Crippen LogP contribution is 2.59. The third-order valence-corrected chi connectivity index (χ3v) is 5.44. The molecule has 0 amide bonds. The van der Waals surface area contributed by atoms with Gasteiger partial charge in [-0.3, -0.25) is 4.90 Å². The summed E-state index contributed by atoms with van der Waals surface area (Å²) in [5.74, 6) is 0.748. The first kappa shape index (κ1) is 13.5. The van der Waals surface area contributed by atoms with Crippen molar-refractivity contribution >= 4 is 5.69 Å². The molecule has 2 saturated heterocycles. The summed E-state index contributed by atoms with van der Waals surface area (Å²) in [7, 11) is 0. The SMILES string of the molecule is FCCN1CC2CC2(c2ccc(N3CCOCC3)cc2)C1. The predicted octanol–water partition coefficient (Wildman–Crippen LogP) is 2.07. The van der Waals surface area contributed by atoms with E-state index in [4.69, 9.17) is 4.74 Å². The van der Waals surface area contributed by atoms with E-state index in [1.54, 1.807) is 0 Å². The van der Waals surface area contributed by atoms with Crippen LogP contribution in [0.3, 0.4) is 0 Å². The van der Waals surface area contributed by atoms with Crippen LogP contribution in [0.5, 0.6) is 0 Å². The van der Waals surface area contributed by atoms with Crippen LogP contribution in [-0.2, 0) is 10.2 Å². The molecule has 21 heavy (non-hydrogen) atoms. The van der Waals surface area contributed by atoms with Gasteiger partial charge in [-0.1, -0.05) is 12.1 Å². The van der Waals surface area contributed by atoms with E-state index in [0.717, 1.165) is 45.3 Å². The third-order valence-electron chi connectivity index (χ3n) is 5.44. The van der Waals surface area contributed by atoms with Crippen molar-refractivity contribution in [1.29, 1.82) is 0 Å². The lowest BCUT2D eigenvalue weighted by atomic mass is 9.94. The van der Waals surface area contributed by atoms with Gasteiger partial charge in [-0.25, -0.2) is 4.39 Å². The Labute approximate surface area is 125 Å². The van der Waals surface area contributed by atoms with E-state index in [0.29, 0.717) is 12.0 Å². The van der Waals surface area contributed by atoms with E-state index < -0.39 is 0 Å². The summed E-state index contributed by atoms with van der Waals surface area (Å²) in [6.07, 6.45) is 1.28. The van der Waals surface area contributed by atoms with Crippen LogP contribution in [0.2, 0.25) is 0 Å². The lowest BCUT2D eigenvalue weighted by Crippen LogP contribution is -2.36. The van der Waals surface area contributed by atoms with Gasteiger partial charge in [0.05, 0.1) is 13.2 Å². The monoisotopic (exact) mass is 290 g/mol. The molecule has 0 spiro atoms. The van der Waals surface area contributed by atoms with Crippen LogP contribution in [0, 0.1) is 5.92 Å². The number of anilines is 1. The maximum atomic E-state index is 12.5. The van der Waals surface area contributed by atoms with Crippen molar-refractivity contribution in [2.45, 2.75) is 11.8 Å². The molecule has 1 aliphatic carbocycles. The quantitative estimate of drug-likeness (QED) is 0.844. The number of likely N-dealkylation sites (tertiary alicyclic amines) is 1. The Morgan fingerprint density at radius 2 is 1.95 bits per heavy atom. The van der Waals surface area contributed by atoms with Crippen molar-refractivity contribution in [1.82, 2.24) is 4.90 Å². The van der Waals surface area contributed by atoms with E-state index in [1.807, 2.05) is 0 Å². The lowest BCUT2D eigenvalue weighted by molar-refractivity contribution is 0.122. The molecule has 2 atom stereocenters. The Bertz CT molecular complexity index is 500. The number of benzene rings is 1. The van der Waals surface area contributed by atoms with Crippen molar-refractivity contribution in [3.05, 3.63) is 29.8 Å². The maximum absolute atomic E-state index is 12.5. The smallest absolute Gasteiger partial charge is 0.102 e. The molecule has 1 aromatic rings. The summed E-state index contributed by atoms with van der Waals surface area (Å²) < 4.78 is 17.9. The molecule has 4 rings (SSSR count). The second-order valence-electron chi connectivity index (χ2n) is 6.63. The van der Waals surface area contributed by atoms with Gasteiger partial charge >= 0.3 is 0 Å². The van der Waals surface area contributed by atoms with Crippen molar-refractivity contribution in [3.63, 3.8) is 0 Å². The van der Waals surface area contributed by atoms with Gasteiger partial charge < -0.3 is 9.64 Å². The van der Waals surface area contributed by atoms with Crippen LogP contribution in [0.15, 0.2) is 24.3 Å². The molecule has 0 N–H and O–H groups in total. The second-order valence-corrected chi connectivity index (χ2v) is 6.63. The molecule has 3 fully saturated rings. The van der Waals surface area contributed by atoms with Crippen molar-refractivity contribution in [2.75, 3.05) is 57.5 Å². The molecule has 3 nitrogen and oxygen atoms in total. The van der Waals surface area contributed by atoms with Crippen molar-refractivity contribution in [2.24, 2.45) is 5.92 Å². The van der Waals surface area contributed by atoms with Crippen molar-refractivity contribution in [3.8, 4) is 0 Å². The standard InChI is InChI=1S/C17H23FN2O/c18-5-6-19-12-15-11-17(15,13-19)14-1-3-16(4-2-14)20-7-9-21-10-8-20/h1-4,15H,5-13H2. The average Bonchev–Trinajstić information content (AvgIpc) is 3.11. The predicted molar refractivity (Wildman–Crippen MR) is 81.7 cm³/mol. The van der Waals surface area contributed by atoms with Gasteiger partial charge in [0, 0.05) is 43.8 Å². The van der Waals surface area contributed by atoms with E-state index in [9.17, 15) is 4.39 Å². The number of fused-ring (bicyclic) bond motifs is 1. The van der Waals surface area contributed by atoms with Crippen LogP contribution >= 0.6 is 0 Å². The Balaban J connectivity index is 1.47. The number of piperidine rings is 1. The number of ether oxygens (including phenoxy) is 1. The number of hydrogen-bond donors (Lipinski definition) is 0. The molecule has 0 radical (unpaired) electrons. The normalized spacial score (nSPS) is 32.2. The largest absolute Gasteiger partial charge is 0.378 e. The molecule has 1 aromatic carbocycles. The molecule has 0 bridgehead atoms. The second kappa shape index (κ2) is 5.25. The number of halogens is 1. The van der Waals surface area contributed by atoms with Gasteiger partial charge in [-0.15, -0.1) is 0 Å². The van der Waals surface area contributed by atoms with E-state index in [-0.39, 0.29) is 6.67 Å². The number of rotatable bonds is 4. The zero-order valence-electron chi connectivity index (χ0n) is 12.4. The van der Waals surface area contributed by atoms with E-state index in [1.165, 1.54) is 17.7 Å². The van der Waals surface area contributed by atoms with Gasteiger partial charge in [-0.2, -0.15) is 0 Å². The Kier molecular flexibility index (Phi) is 3.38. The van der Waals surface area contributed by atoms with Gasteiger partial charge in [0.1, 0.15) is 6.67 Å². The van der Waals surface area contributed by atoms with E-state index in [2.05, 4.69) is 34.1 Å². The minimum atomic E-state index is -0.223. The minimum Gasteiger partial charge on any atom is -0.378 e. The lowest BCUT2D eigenvalue weighted by Gasteiger charge is -2.29. The van der Waals surface area contributed by atoms with Crippen LogP contribution in [0.25, 0.3) is 0 Å². The zero-order chi connectivity index (χ0) is 14.3. The molecule has 0 aromatic heterocycles. The number of alkyl halides is 1.